The largest absolute Gasteiger partial charge is 0.353 e. The highest BCUT2D eigenvalue weighted by Gasteiger charge is 2.27. The Morgan fingerprint density at radius 3 is 3.12 bits per heavy atom. The molecule has 1 aliphatic heterocycles. The third-order valence-corrected chi connectivity index (χ3v) is 3.41. The lowest BCUT2D eigenvalue weighted by Crippen LogP contribution is -2.54. The number of carbonyl (C=O) groups is 1. The van der Waals surface area contributed by atoms with Gasteiger partial charge in [0.2, 0.25) is 5.91 Å². The van der Waals surface area contributed by atoms with Crippen LogP contribution in [-0.2, 0) is 11.3 Å². The van der Waals surface area contributed by atoms with Crippen LogP contribution in [0.3, 0.4) is 0 Å². The first-order valence-electron chi connectivity index (χ1n) is 5.82. The number of nitrogens with zero attached hydrogens (tertiary/aromatic N) is 2. The second kappa shape index (κ2) is 5.60. The van der Waals surface area contributed by atoms with Crippen molar-refractivity contribution in [1.82, 2.24) is 15.2 Å². The third-order valence-electron chi connectivity index (χ3n) is 2.98. The fourth-order valence-corrected chi connectivity index (χ4v) is 2.58. The highest BCUT2D eigenvalue weighted by Crippen LogP contribution is 2.15. The van der Waals surface area contributed by atoms with Gasteiger partial charge in [-0.25, -0.2) is 0 Å². The van der Waals surface area contributed by atoms with Crippen molar-refractivity contribution >= 4 is 21.8 Å². The van der Waals surface area contributed by atoms with Gasteiger partial charge in [-0.1, -0.05) is 6.92 Å². The van der Waals surface area contributed by atoms with Crippen molar-refractivity contribution < 1.29 is 4.79 Å². The maximum absolute atomic E-state index is 11.7. The van der Waals surface area contributed by atoms with Crippen LogP contribution in [-0.4, -0.2) is 34.9 Å². The third kappa shape index (κ3) is 3.04. The van der Waals surface area contributed by atoms with Gasteiger partial charge in [-0.15, -0.1) is 0 Å². The molecule has 1 aromatic heterocycles. The van der Waals surface area contributed by atoms with Gasteiger partial charge in [-0.2, -0.15) is 0 Å². The van der Waals surface area contributed by atoms with Gasteiger partial charge in [-0.05, 0) is 34.0 Å². The SMILES string of the molecule is CCC1C(=O)NCCN1Cc1cncc(Br)c1. The fraction of sp³-hybridized carbons (Fsp3) is 0.500. The summed E-state index contributed by atoms with van der Waals surface area (Å²) >= 11 is 3.41. The lowest BCUT2D eigenvalue weighted by atomic mass is 10.1. The lowest BCUT2D eigenvalue weighted by Gasteiger charge is -2.34. The van der Waals surface area contributed by atoms with Crippen LogP contribution < -0.4 is 5.32 Å². The number of rotatable bonds is 3. The molecule has 0 aromatic carbocycles. The Labute approximate surface area is 110 Å². The standard InChI is InChI=1S/C12H16BrN3O/c1-2-11-12(17)15-3-4-16(11)8-9-5-10(13)7-14-6-9/h5-7,11H,2-4,8H2,1H3,(H,15,17). The van der Waals surface area contributed by atoms with Crippen molar-refractivity contribution in [2.45, 2.75) is 25.9 Å². The summed E-state index contributed by atoms with van der Waals surface area (Å²) in [5, 5.41) is 2.90. The zero-order valence-corrected chi connectivity index (χ0v) is 11.4. The summed E-state index contributed by atoms with van der Waals surface area (Å²) < 4.78 is 0.976. The topological polar surface area (TPSA) is 45.2 Å². The molecule has 1 fully saturated rings. The Morgan fingerprint density at radius 1 is 1.59 bits per heavy atom. The van der Waals surface area contributed by atoms with Crippen molar-refractivity contribution in [2.75, 3.05) is 13.1 Å². The molecule has 0 bridgehead atoms. The van der Waals surface area contributed by atoms with Crippen molar-refractivity contribution in [1.29, 1.82) is 0 Å². The van der Waals surface area contributed by atoms with E-state index in [-0.39, 0.29) is 11.9 Å². The Bertz CT molecular complexity index is 410. The first-order chi connectivity index (χ1) is 8.20. The van der Waals surface area contributed by atoms with Crippen LogP contribution in [0.5, 0.6) is 0 Å². The molecule has 5 heteroatoms. The number of aromatic nitrogens is 1. The molecule has 0 saturated carbocycles. The number of piperazine rings is 1. The van der Waals surface area contributed by atoms with E-state index >= 15 is 0 Å². The normalized spacial score (nSPS) is 21.3. The van der Waals surface area contributed by atoms with E-state index in [2.05, 4.69) is 31.1 Å². The molecular weight excluding hydrogens is 282 g/mol. The number of halogens is 1. The Morgan fingerprint density at radius 2 is 2.41 bits per heavy atom. The van der Waals surface area contributed by atoms with Crippen LogP contribution in [0.2, 0.25) is 0 Å². The smallest absolute Gasteiger partial charge is 0.237 e. The summed E-state index contributed by atoms with van der Waals surface area (Å²) in [6, 6.07) is 2.04. The summed E-state index contributed by atoms with van der Waals surface area (Å²) in [5.41, 5.74) is 1.13. The molecular formula is C12H16BrN3O. The molecule has 1 amide bonds. The molecule has 0 radical (unpaired) electrons. The molecule has 1 saturated heterocycles. The van der Waals surface area contributed by atoms with E-state index in [1.165, 1.54) is 0 Å². The summed E-state index contributed by atoms with van der Waals surface area (Å²) in [7, 11) is 0. The average Bonchev–Trinajstić information content (AvgIpc) is 2.29. The van der Waals surface area contributed by atoms with Gasteiger partial charge >= 0.3 is 0 Å². The molecule has 92 valence electrons. The molecule has 0 aliphatic carbocycles. The van der Waals surface area contributed by atoms with Crippen LogP contribution in [0.15, 0.2) is 22.9 Å². The number of amides is 1. The zero-order chi connectivity index (χ0) is 12.3. The summed E-state index contributed by atoms with van der Waals surface area (Å²) in [4.78, 5) is 18.1. The summed E-state index contributed by atoms with van der Waals surface area (Å²) in [5.74, 6) is 0.140. The predicted molar refractivity (Wildman–Crippen MR) is 69.4 cm³/mol. The summed E-state index contributed by atoms with van der Waals surface area (Å²) in [6.45, 7) is 4.45. The Balaban J connectivity index is 2.09. The van der Waals surface area contributed by atoms with Gasteiger partial charge in [-0.3, -0.25) is 14.7 Å². The van der Waals surface area contributed by atoms with Crippen LogP contribution >= 0.6 is 15.9 Å². The first kappa shape index (κ1) is 12.5. The molecule has 2 rings (SSSR count). The summed E-state index contributed by atoms with van der Waals surface area (Å²) in [6.07, 6.45) is 4.46. The van der Waals surface area contributed by atoms with Crippen LogP contribution in [0.1, 0.15) is 18.9 Å². The number of carbonyl (C=O) groups excluding carboxylic acids is 1. The van der Waals surface area contributed by atoms with Crippen molar-refractivity contribution in [2.24, 2.45) is 0 Å². The van der Waals surface area contributed by atoms with E-state index in [0.29, 0.717) is 0 Å². The maximum Gasteiger partial charge on any atom is 0.237 e. The molecule has 0 spiro atoms. The van der Waals surface area contributed by atoms with E-state index in [9.17, 15) is 4.79 Å². The first-order valence-corrected chi connectivity index (χ1v) is 6.61. The van der Waals surface area contributed by atoms with Gasteiger partial charge in [0, 0.05) is 36.5 Å². The van der Waals surface area contributed by atoms with Crippen LogP contribution in [0.4, 0.5) is 0 Å². The molecule has 4 nitrogen and oxygen atoms in total. The second-order valence-electron chi connectivity index (χ2n) is 4.20. The average molecular weight is 298 g/mol. The minimum atomic E-state index is -0.0114. The molecule has 1 aliphatic rings. The van der Waals surface area contributed by atoms with E-state index in [0.717, 1.165) is 36.1 Å². The van der Waals surface area contributed by atoms with Gasteiger partial charge in [0.05, 0.1) is 6.04 Å². The molecule has 1 aromatic rings. The zero-order valence-electron chi connectivity index (χ0n) is 9.82. The minimum absolute atomic E-state index is 0.0114. The number of hydrogen-bond acceptors (Lipinski definition) is 3. The monoisotopic (exact) mass is 297 g/mol. The predicted octanol–water partition coefficient (Wildman–Crippen LogP) is 1.55. The molecule has 2 heterocycles. The fourth-order valence-electron chi connectivity index (χ4n) is 2.17. The van der Waals surface area contributed by atoms with Gasteiger partial charge < -0.3 is 5.32 Å². The molecule has 1 atom stereocenters. The minimum Gasteiger partial charge on any atom is -0.353 e. The second-order valence-corrected chi connectivity index (χ2v) is 5.11. The van der Waals surface area contributed by atoms with Crippen LogP contribution in [0.25, 0.3) is 0 Å². The Kier molecular flexibility index (Phi) is 4.12. The lowest BCUT2D eigenvalue weighted by molar-refractivity contribution is -0.129. The molecule has 1 unspecified atom stereocenters. The van der Waals surface area contributed by atoms with Crippen molar-refractivity contribution in [3.05, 3.63) is 28.5 Å². The highest BCUT2D eigenvalue weighted by molar-refractivity contribution is 9.10. The van der Waals surface area contributed by atoms with Crippen molar-refractivity contribution in [3.63, 3.8) is 0 Å². The Hall–Kier alpha value is -0.940. The van der Waals surface area contributed by atoms with Gasteiger partial charge in [0.1, 0.15) is 0 Å². The van der Waals surface area contributed by atoms with Gasteiger partial charge in [0.15, 0.2) is 0 Å². The quantitative estimate of drug-likeness (QED) is 0.921. The van der Waals surface area contributed by atoms with Crippen LogP contribution in [0, 0.1) is 0 Å². The van der Waals surface area contributed by atoms with E-state index in [1.54, 1.807) is 6.20 Å². The van der Waals surface area contributed by atoms with Crippen molar-refractivity contribution in [3.8, 4) is 0 Å². The van der Waals surface area contributed by atoms with Gasteiger partial charge in [0.25, 0.3) is 0 Å². The van der Waals surface area contributed by atoms with E-state index < -0.39 is 0 Å². The highest BCUT2D eigenvalue weighted by atomic mass is 79.9. The van der Waals surface area contributed by atoms with E-state index in [4.69, 9.17) is 0 Å². The number of pyridine rings is 1. The maximum atomic E-state index is 11.7. The number of nitrogens with one attached hydrogen (secondary N) is 1. The van der Waals surface area contributed by atoms with E-state index in [1.807, 2.05) is 19.2 Å². The number of hydrogen-bond donors (Lipinski definition) is 1. The molecule has 17 heavy (non-hydrogen) atoms. The molecule has 1 N–H and O–H groups in total.